The fraction of sp³-hybridized carbons (Fsp3) is 0.455. The highest BCUT2D eigenvalue weighted by Crippen LogP contribution is 2.23. The molecule has 110 valence electrons. The number of aromatic amines is 1. The van der Waals surface area contributed by atoms with E-state index < -0.39 is 36.8 Å². The molecule has 1 aliphatic heterocycles. The van der Waals surface area contributed by atoms with Gasteiger partial charge in [0.05, 0.1) is 6.61 Å². The van der Waals surface area contributed by atoms with Gasteiger partial charge in [0.15, 0.2) is 6.23 Å². The number of aromatic nitrogens is 2. The van der Waals surface area contributed by atoms with Crippen molar-refractivity contribution in [2.24, 2.45) is 0 Å². The summed E-state index contributed by atoms with van der Waals surface area (Å²) in [6.45, 7) is -0.423. The van der Waals surface area contributed by atoms with Crippen molar-refractivity contribution >= 4 is 27.8 Å². The molecule has 1 saturated heterocycles. The van der Waals surface area contributed by atoms with Crippen LogP contribution < -0.4 is 11.0 Å². The van der Waals surface area contributed by atoms with E-state index in [-0.39, 0.29) is 5.82 Å². The smallest absolute Gasteiger partial charge is 0.346 e. The number of H-pyrrole nitrogens is 1. The molecule has 9 heteroatoms. The van der Waals surface area contributed by atoms with Gasteiger partial charge in [0.1, 0.15) is 24.1 Å². The summed E-state index contributed by atoms with van der Waals surface area (Å²) in [5.74, 6) is 0.194. The van der Waals surface area contributed by atoms with Crippen molar-refractivity contribution in [2.45, 2.75) is 24.5 Å². The summed E-state index contributed by atoms with van der Waals surface area (Å²) >= 11 is 3.11. The number of halogens is 1. The average Bonchev–Trinajstić information content (AvgIpc) is 2.70. The van der Waals surface area contributed by atoms with Gasteiger partial charge in [-0.25, -0.2) is 4.79 Å². The second-order valence-electron chi connectivity index (χ2n) is 4.21. The van der Waals surface area contributed by atoms with Gasteiger partial charge in [0, 0.05) is 11.8 Å². The lowest BCUT2D eigenvalue weighted by atomic mass is 10.1. The van der Waals surface area contributed by atoms with Crippen LogP contribution in [0.5, 0.6) is 0 Å². The van der Waals surface area contributed by atoms with Crippen molar-refractivity contribution in [3.8, 4) is 0 Å². The highest BCUT2D eigenvalue weighted by atomic mass is 79.9. The molecule has 0 bridgehead atoms. The molecule has 0 spiro atoms. The van der Waals surface area contributed by atoms with Crippen LogP contribution in [0.25, 0.3) is 6.08 Å². The standard InChI is InChI=1S/C11H14BrN3O5/c12-2-1-5-3-13-11(19)15-9(5)14-10-8(18)7(17)6(4-16)20-10/h1-3,6-8,10,16-18H,4H2,(H2,13,14,15,19)/t6-,7+,8-,10-/m1/s1. The summed E-state index contributed by atoms with van der Waals surface area (Å²) in [4.78, 5) is 19.0. The van der Waals surface area contributed by atoms with Crippen LogP contribution in [-0.4, -0.2) is 56.4 Å². The lowest BCUT2D eigenvalue weighted by Gasteiger charge is -2.17. The molecular formula is C11H14BrN3O5. The summed E-state index contributed by atoms with van der Waals surface area (Å²) in [6.07, 6.45) is -1.24. The molecule has 1 aromatic heterocycles. The van der Waals surface area contributed by atoms with Crippen LogP contribution in [0.3, 0.4) is 0 Å². The highest BCUT2D eigenvalue weighted by molar-refractivity contribution is 9.11. The van der Waals surface area contributed by atoms with E-state index in [9.17, 15) is 15.0 Å². The zero-order chi connectivity index (χ0) is 14.7. The third kappa shape index (κ3) is 3.07. The topological polar surface area (TPSA) is 128 Å². The highest BCUT2D eigenvalue weighted by Gasteiger charge is 2.42. The number of anilines is 1. The first kappa shape index (κ1) is 15.1. The molecule has 0 unspecified atom stereocenters. The molecule has 0 amide bonds. The number of hydrogen-bond donors (Lipinski definition) is 5. The fourth-order valence-corrected chi connectivity index (χ4v) is 2.16. The second-order valence-corrected chi connectivity index (χ2v) is 4.73. The van der Waals surface area contributed by atoms with Crippen LogP contribution in [0.4, 0.5) is 5.82 Å². The summed E-state index contributed by atoms with van der Waals surface area (Å²) in [6, 6.07) is 0. The van der Waals surface area contributed by atoms with E-state index in [1.54, 1.807) is 11.1 Å². The molecular weight excluding hydrogens is 334 g/mol. The van der Waals surface area contributed by atoms with Crippen molar-refractivity contribution in [3.05, 3.63) is 27.2 Å². The molecule has 1 aliphatic rings. The Kier molecular flexibility index (Phi) is 4.89. The summed E-state index contributed by atoms with van der Waals surface area (Å²) in [5, 5.41) is 31.2. The molecule has 4 atom stereocenters. The van der Waals surface area contributed by atoms with E-state index in [4.69, 9.17) is 9.84 Å². The van der Waals surface area contributed by atoms with Gasteiger partial charge in [-0.1, -0.05) is 15.9 Å². The van der Waals surface area contributed by atoms with Crippen molar-refractivity contribution in [3.63, 3.8) is 0 Å². The van der Waals surface area contributed by atoms with Crippen molar-refractivity contribution in [1.29, 1.82) is 0 Å². The van der Waals surface area contributed by atoms with E-state index >= 15 is 0 Å². The van der Waals surface area contributed by atoms with Gasteiger partial charge in [-0.3, -0.25) is 0 Å². The van der Waals surface area contributed by atoms with E-state index in [1.807, 2.05) is 0 Å². The Hall–Kier alpha value is -1.26. The predicted octanol–water partition coefficient (Wildman–Crippen LogP) is -1.01. The fourth-order valence-electron chi connectivity index (χ4n) is 1.87. The van der Waals surface area contributed by atoms with Crippen LogP contribution >= 0.6 is 15.9 Å². The van der Waals surface area contributed by atoms with Gasteiger partial charge in [-0.05, 0) is 11.1 Å². The number of rotatable bonds is 4. The molecule has 0 aromatic carbocycles. The first-order chi connectivity index (χ1) is 9.56. The first-order valence-electron chi connectivity index (χ1n) is 5.82. The predicted molar refractivity (Wildman–Crippen MR) is 74.2 cm³/mol. The number of aliphatic hydroxyl groups is 3. The SMILES string of the molecule is O=c1nc(N[C@@H]2O[C@H](CO)[C@H](O)[C@H]2O)c(C=CBr)c[nH]1. The van der Waals surface area contributed by atoms with Crippen LogP contribution in [0, 0.1) is 0 Å². The Balaban J connectivity index is 2.22. The van der Waals surface area contributed by atoms with E-state index in [1.165, 1.54) is 6.20 Å². The Morgan fingerprint density at radius 3 is 2.85 bits per heavy atom. The maximum absolute atomic E-state index is 11.3. The van der Waals surface area contributed by atoms with Gasteiger partial charge in [-0.15, -0.1) is 0 Å². The number of nitrogens with zero attached hydrogens (tertiary/aromatic N) is 1. The lowest BCUT2D eigenvalue weighted by Crippen LogP contribution is -2.37. The molecule has 8 nitrogen and oxygen atoms in total. The Morgan fingerprint density at radius 2 is 2.25 bits per heavy atom. The second kappa shape index (κ2) is 6.46. The minimum atomic E-state index is -1.24. The van der Waals surface area contributed by atoms with Gasteiger partial charge < -0.3 is 30.4 Å². The van der Waals surface area contributed by atoms with Crippen LogP contribution in [0.2, 0.25) is 0 Å². The Morgan fingerprint density at radius 1 is 1.50 bits per heavy atom. The first-order valence-corrected chi connectivity index (χ1v) is 6.74. The van der Waals surface area contributed by atoms with Gasteiger partial charge in [-0.2, -0.15) is 4.98 Å². The number of aliphatic hydroxyl groups excluding tert-OH is 3. The van der Waals surface area contributed by atoms with Crippen molar-refractivity contribution in [2.75, 3.05) is 11.9 Å². The van der Waals surface area contributed by atoms with Crippen LogP contribution in [0.15, 0.2) is 16.0 Å². The minimum absolute atomic E-state index is 0.194. The van der Waals surface area contributed by atoms with E-state index in [2.05, 4.69) is 31.2 Å². The molecule has 2 rings (SSSR count). The zero-order valence-electron chi connectivity index (χ0n) is 10.2. The monoisotopic (exact) mass is 347 g/mol. The van der Waals surface area contributed by atoms with Crippen molar-refractivity contribution in [1.82, 2.24) is 9.97 Å². The normalized spacial score (nSPS) is 30.0. The third-order valence-corrected chi connectivity index (χ3v) is 3.17. The summed E-state index contributed by atoms with van der Waals surface area (Å²) in [7, 11) is 0. The third-order valence-electron chi connectivity index (χ3n) is 2.90. The Labute approximate surface area is 122 Å². The quantitative estimate of drug-likeness (QED) is 0.472. The average molecular weight is 348 g/mol. The van der Waals surface area contributed by atoms with Gasteiger partial charge >= 0.3 is 5.69 Å². The molecule has 20 heavy (non-hydrogen) atoms. The summed E-state index contributed by atoms with van der Waals surface area (Å²) in [5.41, 5.74) is -0.00909. The molecule has 1 fully saturated rings. The van der Waals surface area contributed by atoms with E-state index in [0.717, 1.165) is 0 Å². The van der Waals surface area contributed by atoms with Crippen LogP contribution in [-0.2, 0) is 4.74 Å². The molecule has 2 heterocycles. The molecule has 5 N–H and O–H groups in total. The molecule has 1 aromatic rings. The maximum atomic E-state index is 11.3. The summed E-state index contributed by atoms with van der Waals surface area (Å²) < 4.78 is 5.26. The maximum Gasteiger partial charge on any atom is 0.346 e. The number of hydrogen-bond acceptors (Lipinski definition) is 7. The van der Waals surface area contributed by atoms with Crippen molar-refractivity contribution < 1.29 is 20.1 Å². The zero-order valence-corrected chi connectivity index (χ0v) is 11.8. The Bertz CT molecular complexity index is 549. The molecule has 0 radical (unpaired) electrons. The number of ether oxygens (including phenoxy) is 1. The number of nitrogens with one attached hydrogen (secondary N) is 2. The van der Waals surface area contributed by atoms with E-state index in [0.29, 0.717) is 5.56 Å². The molecule has 0 saturated carbocycles. The van der Waals surface area contributed by atoms with Gasteiger partial charge in [0.25, 0.3) is 0 Å². The largest absolute Gasteiger partial charge is 0.394 e. The molecule has 0 aliphatic carbocycles. The van der Waals surface area contributed by atoms with Gasteiger partial charge in [0.2, 0.25) is 0 Å². The lowest BCUT2D eigenvalue weighted by molar-refractivity contribution is -0.0154. The van der Waals surface area contributed by atoms with Crippen LogP contribution in [0.1, 0.15) is 5.56 Å². The minimum Gasteiger partial charge on any atom is -0.394 e.